The predicted octanol–water partition coefficient (Wildman–Crippen LogP) is 1.76. The quantitative estimate of drug-likeness (QED) is 0.775. The number of amides is 1. The number of thioether (sulfide) groups is 1. The lowest BCUT2D eigenvalue weighted by Gasteiger charge is -2.24. The molecule has 0 radical (unpaired) electrons. The molecule has 0 aromatic heterocycles. The normalized spacial score (nSPS) is 25.8. The van der Waals surface area contributed by atoms with E-state index in [-0.39, 0.29) is 5.91 Å². The van der Waals surface area contributed by atoms with Crippen molar-refractivity contribution in [2.75, 3.05) is 12.3 Å². The maximum atomic E-state index is 11.9. The molecule has 2 unspecified atom stereocenters. The highest BCUT2D eigenvalue weighted by Crippen LogP contribution is 2.30. The standard InChI is InChI=1S/C12H24N2OS/c1-4-16-10-6-5-9(7-10)14-11(15)12(2,3)8-13/h9-10H,4-8,13H2,1-3H3,(H,14,15). The van der Waals surface area contributed by atoms with E-state index in [1.807, 2.05) is 25.6 Å². The van der Waals surface area contributed by atoms with Crippen molar-refractivity contribution in [3.63, 3.8) is 0 Å². The molecule has 2 atom stereocenters. The van der Waals surface area contributed by atoms with Crippen molar-refractivity contribution < 1.29 is 4.79 Å². The molecule has 16 heavy (non-hydrogen) atoms. The lowest BCUT2D eigenvalue weighted by atomic mass is 9.92. The van der Waals surface area contributed by atoms with Gasteiger partial charge in [0, 0.05) is 17.8 Å². The van der Waals surface area contributed by atoms with Gasteiger partial charge in [0.05, 0.1) is 5.41 Å². The Bertz CT molecular complexity index is 243. The average Bonchev–Trinajstić information content (AvgIpc) is 2.66. The summed E-state index contributed by atoms with van der Waals surface area (Å²) in [6, 6.07) is 0.363. The van der Waals surface area contributed by atoms with E-state index in [4.69, 9.17) is 5.73 Å². The molecule has 4 heteroatoms. The first-order valence-electron chi connectivity index (χ1n) is 6.12. The molecule has 0 spiro atoms. The van der Waals surface area contributed by atoms with E-state index in [0.29, 0.717) is 12.6 Å². The smallest absolute Gasteiger partial charge is 0.227 e. The summed E-state index contributed by atoms with van der Waals surface area (Å²) in [5.74, 6) is 1.27. The highest BCUT2D eigenvalue weighted by molar-refractivity contribution is 7.99. The minimum atomic E-state index is -0.435. The van der Waals surface area contributed by atoms with Gasteiger partial charge in [0.25, 0.3) is 0 Å². The van der Waals surface area contributed by atoms with E-state index in [1.165, 1.54) is 12.2 Å². The third kappa shape index (κ3) is 3.67. The van der Waals surface area contributed by atoms with Crippen LogP contribution in [0.2, 0.25) is 0 Å². The number of carbonyl (C=O) groups excluding carboxylic acids is 1. The fraction of sp³-hybridized carbons (Fsp3) is 0.917. The molecule has 0 aliphatic heterocycles. The zero-order valence-corrected chi connectivity index (χ0v) is 11.4. The fourth-order valence-corrected chi connectivity index (χ4v) is 3.07. The van der Waals surface area contributed by atoms with Gasteiger partial charge in [-0.1, -0.05) is 6.92 Å². The van der Waals surface area contributed by atoms with Crippen molar-refractivity contribution in [3.8, 4) is 0 Å². The monoisotopic (exact) mass is 244 g/mol. The van der Waals surface area contributed by atoms with Gasteiger partial charge in [0.1, 0.15) is 0 Å². The SMILES string of the molecule is CCSC1CCC(NC(=O)C(C)(C)CN)C1. The predicted molar refractivity (Wildman–Crippen MR) is 70.5 cm³/mol. The van der Waals surface area contributed by atoms with Crippen molar-refractivity contribution in [2.45, 2.75) is 51.3 Å². The summed E-state index contributed by atoms with van der Waals surface area (Å²) in [5, 5.41) is 3.86. The summed E-state index contributed by atoms with van der Waals surface area (Å²) in [7, 11) is 0. The van der Waals surface area contributed by atoms with Gasteiger partial charge in [0.2, 0.25) is 5.91 Å². The summed E-state index contributed by atoms with van der Waals surface area (Å²) < 4.78 is 0. The molecule has 1 aliphatic carbocycles. The van der Waals surface area contributed by atoms with Crippen LogP contribution < -0.4 is 11.1 Å². The van der Waals surface area contributed by atoms with Crippen molar-refractivity contribution in [1.82, 2.24) is 5.32 Å². The number of nitrogens with one attached hydrogen (secondary N) is 1. The molecule has 3 N–H and O–H groups in total. The second-order valence-corrected chi connectivity index (χ2v) is 6.73. The number of carbonyl (C=O) groups is 1. The molecule has 1 aliphatic rings. The van der Waals surface area contributed by atoms with Crippen LogP contribution in [-0.2, 0) is 4.79 Å². The number of nitrogens with two attached hydrogens (primary N) is 1. The summed E-state index contributed by atoms with van der Waals surface area (Å²) in [6.07, 6.45) is 3.46. The van der Waals surface area contributed by atoms with Crippen LogP contribution in [-0.4, -0.2) is 29.5 Å². The van der Waals surface area contributed by atoms with E-state index < -0.39 is 5.41 Å². The molecule has 3 nitrogen and oxygen atoms in total. The largest absolute Gasteiger partial charge is 0.353 e. The van der Waals surface area contributed by atoms with Crippen LogP contribution in [0.25, 0.3) is 0 Å². The lowest BCUT2D eigenvalue weighted by molar-refractivity contribution is -0.129. The lowest BCUT2D eigenvalue weighted by Crippen LogP contribution is -2.45. The third-order valence-electron chi connectivity index (χ3n) is 3.25. The molecule has 0 bridgehead atoms. The van der Waals surface area contributed by atoms with E-state index in [2.05, 4.69) is 12.2 Å². The molecular weight excluding hydrogens is 220 g/mol. The molecule has 0 aromatic carbocycles. The second-order valence-electron chi connectivity index (χ2n) is 5.15. The third-order valence-corrected chi connectivity index (χ3v) is 4.48. The van der Waals surface area contributed by atoms with Crippen molar-refractivity contribution in [2.24, 2.45) is 11.1 Å². The number of hydrogen-bond acceptors (Lipinski definition) is 3. The summed E-state index contributed by atoms with van der Waals surface area (Å²) >= 11 is 2.01. The van der Waals surface area contributed by atoms with Gasteiger partial charge in [-0.25, -0.2) is 0 Å². The van der Waals surface area contributed by atoms with Gasteiger partial charge in [-0.15, -0.1) is 0 Å². The molecular formula is C12H24N2OS. The number of rotatable bonds is 5. The van der Waals surface area contributed by atoms with Gasteiger partial charge < -0.3 is 11.1 Å². The van der Waals surface area contributed by atoms with Crippen LogP contribution in [0.1, 0.15) is 40.0 Å². The van der Waals surface area contributed by atoms with Crippen LogP contribution >= 0.6 is 11.8 Å². The minimum absolute atomic E-state index is 0.0992. The topological polar surface area (TPSA) is 55.1 Å². The van der Waals surface area contributed by atoms with Crippen LogP contribution in [0.5, 0.6) is 0 Å². The summed E-state index contributed by atoms with van der Waals surface area (Å²) in [5.41, 5.74) is 5.16. The van der Waals surface area contributed by atoms with Crippen molar-refractivity contribution in [3.05, 3.63) is 0 Å². The highest BCUT2D eigenvalue weighted by Gasteiger charge is 2.31. The minimum Gasteiger partial charge on any atom is -0.353 e. The molecule has 0 aromatic rings. The number of hydrogen-bond donors (Lipinski definition) is 2. The summed E-state index contributed by atoms with van der Waals surface area (Å²) in [6.45, 7) is 6.39. The zero-order chi connectivity index (χ0) is 12.2. The average molecular weight is 244 g/mol. The molecule has 1 fully saturated rings. The van der Waals surface area contributed by atoms with E-state index in [1.54, 1.807) is 0 Å². The Morgan fingerprint density at radius 1 is 1.50 bits per heavy atom. The first-order chi connectivity index (χ1) is 7.49. The molecule has 0 saturated heterocycles. The molecule has 0 heterocycles. The van der Waals surface area contributed by atoms with Gasteiger partial charge >= 0.3 is 0 Å². The van der Waals surface area contributed by atoms with Gasteiger partial charge in [-0.2, -0.15) is 11.8 Å². The Hall–Kier alpha value is -0.220. The van der Waals surface area contributed by atoms with Crippen molar-refractivity contribution in [1.29, 1.82) is 0 Å². The maximum Gasteiger partial charge on any atom is 0.227 e. The van der Waals surface area contributed by atoms with Crippen molar-refractivity contribution >= 4 is 17.7 Å². The zero-order valence-electron chi connectivity index (χ0n) is 10.6. The fourth-order valence-electron chi connectivity index (χ4n) is 1.93. The Kier molecular flexibility index (Phi) is 5.12. The van der Waals surface area contributed by atoms with E-state index in [9.17, 15) is 4.79 Å². The first-order valence-corrected chi connectivity index (χ1v) is 7.17. The van der Waals surface area contributed by atoms with Crippen LogP contribution in [0, 0.1) is 5.41 Å². The molecule has 1 amide bonds. The first kappa shape index (κ1) is 13.8. The van der Waals surface area contributed by atoms with Gasteiger partial charge in [-0.05, 0) is 38.9 Å². The Morgan fingerprint density at radius 3 is 2.75 bits per heavy atom. The summed E-state index contributed by atoms with van der Waals surface area (Å²) in [4.78, 5) is 11.9. The second kappa shape index (κ2) is 5.92. The van der Waals surface area contributed by atoms with Crippen LogP contribution in [0.4, 0.5) is 0 Å². The Labute approximate surface area is 103 Å². The van der Waals surface area contributed by atoms with Gasteiger partial charge in [0.15, 0.2) is 0 Å². The Balaban J connectivity index is 2.37. The Morgan fingerprint density at radius 2 is 2.19 bits per heavy atom. The van der Waals surface area contributed by atoms with Gasteiger partial charge in [-0.3, -0.25) is 4.79 Å². The molecule has 1 rings (SSSR count). The molecule has 1 saturated carbocycles. The van der Waals surface area contributed by atoms with Crippen LogP contribution in [0.15, 0.2) is 0 Å². The molecule has 94 valence electrons. The maximum absolute atomic E-state index is 11.9. The highest BCUT2D eigenvalue weighted by atomic mass is 32.2. The van der Waals surface area contributed by atoms with Crippen LogP contribution in [0.3, 0.4) is 0 Å². The van der Waals surface area contributed by atoms with E-state index in [0.717, 1.165) is 18.1 Å². The van der Waals surface area contributed by atoms with E-state index >= 15 is 0 Å².